The van der Waals surface area contributed by atoms with Crippen molar-refractivity contribution in [1.29, 1.82) is 0 Å². The highest BCUT2D eigenvalue weighted by molar-refractivity contribution is 5.43. The molecule has 0 amide bonds. The molecule has 0 spiro atoms. The summed E-state index contributed by atoms with van der Waals surface area (Å²) in [6, 6.07) is 1.68. The highest BCUT2D eigenvalue weighted by Gasteiger charge is 2.12. The molecule has 1 aromatic heterocycles. The zero-order chi connectivity index (χ0) is 13.0. The van der Waals surface area contributed by atoms with Gasteiger partial charge in [-0.05, 0) is 25.7 Å². The van der Waals surface area contributed by atoms with Crippen molar-refractivity contribution in [2.24, 2.45) is 5.73 Å². The van der Waals surface area contributed by atoms with Gasteiger partial charge in [-0.3, -0.25) is 4.79 Å². The van der Waals surface area contributed by atoms with Gasteiger partial charge >= 0.3 is 0 Å². The number of piperidine rings is 1. The van der Waals surface area contributed by atoms with Crippen molar-refractivity contribution in [2.75, 3.05) is 18.0 Å². The molecular formula is C13H22N4O. The maximum Gasteiger partial charge on any atom is 0.268 e. The van der Waals surface area contributed by atoms with Gasteiger partial charge in [0.1, 0.15) is 0 Å². The molecule has 1 aliphatic rings. The number of hydrogen-bond donors (Lipinski definition) is 1. The second-order valence-corrected chi connectivity index (χ2v) is 4.95. The molecule has 2 heterocycles. The van der Waals surface area contributed by atoms with Crippen LogP contribution in [0.1, 0.15) is 32.6 Å². The third-order valence-electron chi connectivity index (χ3n) is 3.51. The first-order valence-electron chi connectivity index (χ1n) is 6.78. The van der Waals surface area contributed by atoms with Crippen LogP contribution in [0.25, 0.3) is 0 Å². The highest BCUT2D eigenvalue weighted by atomic mass is 16.1. The number of rotatable bonds is 4. The fourth-order valence-electron chi connectivity index (χ4n) is 2.24. The number of aromatic nitrogens is 2. The fourth-order valence-corrected chi connectivity index (χ4v) is 2.24. The number of hydrogen-bond acceptors (Lipinski definition) is 4. The van der Waals surface area contributed by atoms with Gasteiger partial charge in [0, 0.05) is 25.2 Å². The van der Waals surface area contributed by atoms with Gasteiger partial charge in [0.2, 0.25) is 0 Å². The second-order valence-electron chi connectivity index (χ2n) is 4.95. The van der Waals surface area contributed by atoms with Crippen LogP contribution in [0, 0.1) is 0 Å². The average Bonchev–Trinajstić information content (AvgIpc) is 2.42. The Bertz CT molecular complexity index is 437. The minimum atomic E-state index is -0.0537. The van der Waals surface area contributed by atoms with Gasteiger partial charge in [0.15, 0.2) is 0 Å². The smallest absolute Gasteiger partial charge is 0.268 e. The maximum atomic E-state index is 12.0. The summed E-state index contributed by atoms with van der Waals surface area (Å²) in [6.07, 6.45) is 6.32. The van der Waals surface area contributed by atoms with Crippen molar-refractivity contribution in [2.45, 2.75) is 45.2 Å². The van der Waals surface area contributed by atoms with E-state index in [1.165, 1.54) is 23.9 Å². The second kappa shape index (κ2) is 6.00. The van der Waals surface area contributed by atoms with Gasteiger partial charge in [0.05, 0.1) is 18.4 Å². The molecule has 0 bridgehead atoms. The van der Waals surface area contributed by atoms with Crippen LogP contribution in [0.5, 0.6) is 0 Å². The summed E-state index contributed by atoms with van der Waals surface area (Å²) in [7, 11) is 0. The Labute approximate surface area is 108 Å². The Morgan fingerprint density at radius 2 is 2.11 bits per heavy atom. The van der Waals surface area contributed by atoms with E-state index in [4.69, 9.17) is 5.73 Å². The lowest BCUT2D eigenvalue weighted by Crippen LogP contribution is -2.35. The number of nitrogens with zero attached hydrogens (tertiary/aromatic N) is 3. The highest BCUT2D eigenvalue weighted by Crippen LogP contribution is 2.16. The van der Waals surface area contributed by atoms with Crippen LogP contribution < -0.4 is 16.2 Å². The van der Waals surface area contributed by atoms with E-state index in [1.807, 2.05) is 6.92 Å². The van der Waals surface area contributed by atoms with Crippen LogP contribution >= 0.6 is 0 Å². The molecule has 1 fully saturated rings. The molecule has 100 valence electrons. The molecule has 0 aliphatic carbocycles. The van der Waals surface area contributed by atoms with E-state index in [2.05, 4.69) is 10.00 Å². The van der Waals surface area contributed by atoms with Crippen LogP contribution in [-0.4, -0.2) is 28.9 Å². The summed E-state index contributed by atoms with van der Waals surface area (Å²) in [5, 5.41) is 4.22. The van der Waals surface area contributed by atoms with Gasteiger partial charge in [-0.2, -0.15) is 5.10 Å². The van der Waals surface area contributed by atoms with E-state index < -0.39 is 0 Å². The minimum Gasteiger partial charge on any atom is -0.370 e. The molecule has 1 unspecified atom stereocenters. The third kappa shape index (κ3) is 3.10. The largest absolute Gasteiger partial charge is 0.370 e. The molecule has 0 radical (unpaired) electrons. The lowest BCUT2D eigenvalue weighted by molar-refractivity contribution is 0.479. The Kier molecular flexibility index (Phi) is 4.36. The SMILES string of the molecule is CCC(N)Cn1ncc(N2CCCCC2)cc1=O. The Hall–Kier alpha value is -1.36. The van der Waals surface area contributed by atoms with Gasteiger partial charge < -0.3 is 10.6 Å². The van der Waals surface area contributed by atoms with Crippen molar-refractivity contribution < 1.29 is 0 Å². The fraction of sp³-hybridized carbons (Fsp3) is 0.692. The van der Waals surface area contributed by atoms with Crippen LogP contribution in [0.4, 0.5) is 5.69 Å². The molecule has 1 atom stereocenters. The van der Waals surface area contributed by atoms with E-state index in [-0.39, 0.29) is 11.6 Å². The number of anilines is 1. The topological polar surface area (TPSA) is 64.2 Å². The number of nitrogens with two attached hydrogens (primary N) is 1. The third-order valence-corrected chi connectivity index (χ3v) is 3.51. The molecule has 1 aliphatic heterocycles. The van der Waals surface area contributed by atoms with Crippen molar-refractivity contribution in [3.8, 4) is 0 Å². The Balaban J connectivity index is 2.11. The van der Waals surface area contributed by atoms with Crippen molar-refractivity contribution in [1.82, 2.24) is 9.78 Å². The molecule has 5 heteroatoms. The summed E-state index contributed by atoms with van der Waals surface area (Å²) in [5.74, 6) is 0. The molecule has 1 aromatic rings. The van der Waals surface area contributed by atoms with Crippen molar-refractivity contribution >= 4 is 5.69 Å². The van der Waals surface area contributed by atoms with E-state index in [9.17, 15) is 4.79 Å². The zero-order valence-corrected chi connectivity index (χ0v) is 11.0. The van der Waals surface area contributed by atoms with E-state index >= 15 is 0 Å². The quantitative estimate of drug-likeness (QED) is 0.865. The monoisotopic (exact) mass is 250 g/mol. The van der Waals surface area contributed by atoms with Gasteiger partial charge in [0.25, 0.3) is 5.56 Å². The minimum absolute atomic E-state index is 0.00367. The van der Waals surface area contributed by atoms with Crippen LogP contribution in [0.3, 0.4) is 0 Å². The molecular weight excluding hydrogens is 228 g/mol. The molecule has 2 N–H and O–H groups in total. The standard InChI is InChI=1S/C13H22N4O/c1-2-11(14)10-17-13(18)8-12(9-15-17)16-6-4-3-5-7-16/h8-9,11H,2-7,10,14H2,1H3. The summed E-state index contributed by atoms with van der Waals surface area (Å²) >= 11 is 0. The van der Waals surface area contributed by atoms with E-state index in [0.29, 0.717) is 6.54 Å². The van der Waals surface area contributed by atoms with Crippen LogP contribution in [0.15, 0.2) is 17.1 Å². The summed E-state index contributed by atoms with van der Waals surface area (Å²) in [6.45, 7) is 4.56. The molecule has 0 saturated carbocycles. The van der Waals surface area contributed by atoms with Crippen molar-refractivity contribution in [3.05, 3.63) is 22.6 Å². The predicted octanol–water partition coefficient (Wildman–Crippen LogP) is 0.971. The normalized spacial score (nSPS) is 17.8. The molecule has 1 saturated heterocycles. The van der Waals surface area contributed by atoms with E-state index in [1.54, 1.807) is 12.3 Å². The van der Waals surface area contributed by atoms with Gasteiger partial charge in [-0.15, -0.1) is 0 Å². The molecule has 18 heavy (non-hydrogen) atoms. The predicted molar refractivity (Wildman–Crippen MR) is 72.8 cm³/mol. The average molecular weight is 250 g/mol. The lowest BCUT2D eigenvalue weighted by Gasteiger charge is -2.28. The zero-order valence-electron chi connectivity index (χ0n) is 11.0. The Morgan fingerprint density at radius 1 is 1.39 bits per heavy atom. The van der Waals surface area contributed by atoms with E-state index in [0.717, 1.165) is 25.2 Å². The summed E-state index contributed by atoms with van der Waals surface area (Å²) in [5.41, 5.74) is 6.74. The first kappa shape index (κ1) is 13.1. The van der Waals surface area contributed by atoms with Crippen LogP contribution in [-0.2, 0) is 6.54 Å². The van der Waals surface area contributed by atoms with Gasteiger partial charge in [-0.1, -0.05) is 6.92 Å². The van der Waals surface area contributed by atoms with Crippen molar-refractivity contribution in [3.63, 3.8) is 0 Å². The summed E-state index contributed by atoms with van der Waals surface area (Å²) in [4.78, 5) is 14.2. The summed E-state index contributed by atoms with van der Waals surface area (Å²) < 4.78 is 1.46. The molecule has 0 aromatic carbocycles. The lowest BCUT2D eigenvalue weighted by atomic mass is 10.1. The first-order chi connectivity index (χ1) is 8.70. The first-order valence-corrected chi connectivity index (χ1v) is 6.78. The van der Waals surface area contributed by atoms with Gasteiger partial charge in [-0.25, -0.2) is 4.68 Å². The molecule has 2 rings (SSSR count). The molecule has 5 nitrogen and oxygen atoms in total. The van der Waals surface area contributed by atoms with Crippen LogP contribution in [0.2, 0.25) is 0 Å². The maximum absolute atomic E-state index is 12.0. The Morgan fingerprint density at radius 3 is 2.72 bits per heavy atom.